The zero-order valence-corrected chi connectivity index (χ0v) is 19.9. The molecule has 1 fully saturated rings. The van der Waals surface area contributed by atoms with E-state index < -0.39 is 17.7 Å². The van der Waals surface area contributed by atoms with Crippen LogP contribution >= 0.6 is 11.6 Å². The van der Waals surface area contributed by atoms with E-state index in [4.69, 9.17) is 16.3 Å². The van der Waals surface area contributed by atoms with Gasteiger partial charge < -0.3 is 15.2 Å². The van der Waals surface area contributed by atoms with Crippen molar-refractivity contribution < 1.29 is 24.2 Å². The molecule has 4 rings (SSSR count). The molecule has 0 aliphatic carbocycles. The van der Waals surface area contributed by atoms with Crippen LogP contribution in [0.1, 0.15) is 31.0 Å². The number of nitrogens with zero attached hydrogens (tertiary/aromatic N) is 1. The van der Waals surface area contributed by atoms with Crippen molar-refractivity contribution in [2.45, 2.75) is 19.9 Å². The molecule has 2 amide bonds. The van der Waals surface area contributed by atoms with E-state index in [-0.39, 0.29) is 17.2 Å². The van der Waals surface area contributed by atoms with E-state index >= 15 is 0 Å². The second-order valence-electron chi connectivity index (χ2n) is 7.89. The summed E-state index contributed by atoms with van der Waals surface area (Å²) in [7, 11) is 0. The van der Waals surface area contributed by atoms with Crippen LogP contribution in [0.3, 0.4) is 0 Å². The number of carbonyl (C=O) groups is 3. The third-order valence-corrected chi connectivity index (χ3v) is 5.84. The van der Waals surface area contributed by atoms with Crippen molar-refractivity contribution in [3.63, 3.8) is 0 Å². The number of hydrogen-bond acceptors (Lipinski definition) is 5. The van der Waals surface area contributed by atoms with Gasteiger partial charge in [0, 0.05) is 23.9 Å². The van der Waals surface area contributed by atoms with Crippen LogP contribution in [-0.2, 0) is 14.4 Å². The van der Waals surface area contributed by atoms with Gasteiger partial charge >= 0.3 is 0 Å². The first-order chi connectivity index (χ1) is 16.8. The maximum atomic E-state index is 13.3. The van der Waals surface area contributed by atoms with Crippen LogP contribution in [0, 0.1) is 0 Å². The van der Waals surface area contributed by atoms with Crippen molar-refractivity contribution in [1.29, 1.82) is 0 Å². The van der Waals surface area contributed by atoms with Gasteiger partial charge in [0.05, 0.1) is 23.2 Å². The van der Waals surface area contributed by atoms with Crippen molar-refractivity contribution in [1.82, 2.24) is 0 Å². The molecule has 1 aliphatic heterocycles. The lowest BCUT2D eigenvalue weighted by atomic mass is 9.95. The average molecular weight is 491 g/mol. The Morgan fingerprint density at radius 1 is 1.06 bits per heavy atom. The Morgan fingerprint density at radius 2 is 1.74 bits per heavy atom. The summed E-state index contributed by atoms with van der Waals surface area (Å²) in [6, 6.07) is 19.4. The summed E-state index contributed by atoms with van der Waals surface area (Å²) in [4.78, 5) is 39.2. The first-order valence-corrected chi connectivity index (χ1v) is 11.4. The second kappa shape index (κ2) is 10.0. The summed E-state index contributed by atoms with van der Waals surface area (Å²) < 4.78 is 5.52. The largest absolute Gasteiger partial charge is 0.507 e. The number of carbonyl (C=O) groups excluding carboxylic acids is 3. The maximum Gasteiger partial charge on any atom is 0.300 e. The number of benzene rings is 3. The molecule has 2 N–H and O–H groups in total. The van der Waals surface area contributed by atoms with Crippen molar-refractivity contribution in [2.75, 3.05) is 16.8 Å². The monoisotopic (exact) mass is 490 g/mol. The number of ether oxygens (including phenoxy) is 1. The molecule has 1 saturated heterocycles. The van der Waals surface area contributed by atoms with Gasteiger partial charge in [-0.25, -0.2) is 0 Å². The van der Waals surface area contributed by atoms with Gasteiger partial charge in [0.1, 0.15) is 11.5 Å². The Bertz CT molecular complexity index is 1320. The van der Waals surface area contributed by atoms with Gasteiger partial charge in [0.25, 0.3) is 11.7 Å². The summed E-state index contributed by atoms with van der Waals surface area (Å²) >= 11 is 6.18. The zero-order chi connectivity index (χ0) is 25.1. The fraction of sp³-hybridized carbons (Fsp3) is 0.148. The molecule has 0 spiro atoms. The molecule has 0 radical (unpaired) electrons. The molecular weight excluding hydrogens is 468 g/mol. The topological polar surface area (TPSA) is 95.9 Å². The molecule has 7 nitrogen and oxygen atoms in total. The Kier molecular flexibility index (Phi) is 6.89. The fourth-order valence-electron chi connectivity index (χ4n) is 4.03. The summed E-state index contributed by atoms with van der Waals surface area (Å²) in [6.45, 7) is 3.57. The van der Waals surface area contributed by atoms with Gasteiger partial charge in [-0.3, -0.25) is 19.3 Å². The van der Waals surface area contributed by atoms with Gasteiger partial charge in [0.2, 0.25) is 5.91 Å². The number of halogens is 1. The molecule has 1 aliphatic rings. The van der Waals surface area contributed by atoms with Crippen molar-refractivity contribution in [3.05, 3.63) is 94.5 Å². The Balaban J connectivity index is 1.86. The molecular formula is C27H23ClN2O5. The van der Waals surface area contributed by atoms with Crippen molar-refractivity contribution in [3.8, 4) is 5.75 Å². The Hall–Kier alpha value is -4.10. The lowest BCUT2D eigenvalue weighted by Gasteiger charge is -2.25. The van der Waals surface area contributed by atoms with Gasteiger partial charge in [-0.05, 0) is 55.0 Å². The lowest BCUT2D eigenvalue weighted by Crippen LogP contribution is -2.29. The predicted molar refractivity (Wildman–Crippen MR) is 135 cm³/mol. The molecule has 178 valence electrons. The predicted octanol–water partition coefficient (Wildman–Crippen LogP) is 5.32. The minimum Gasteiger partial charge on any atom is -0.507 e. The highest BCUT2D eigenvalue weighted by molar-refractivity contribution is 6.51. The molecule has 0 saturated carbocycles. The highest BCUT2D eigenvalue weighted by atomic mass is 35.5. The van der Waals surface area contributed by atoms with Crippen LogP contribution in [0.2, 0.25) is 5.02 Å². The number of ketones is 1. The summed E-state index contributed by atoms with van der Waals surface area (Å²) in [6.07, 6.45) is 0. The SMILES string of the molecule is CCOc1cc(/C(O)=C2/C(=O)C(=O)N(c3ccc(NC(C)=O)cc3)C2c2ccccc2)ccc1Cl. The number of anilines is 2. The second-order valence-corrected chi connectivity index (χ2v) is 8.29. The number of amides is 2. The van der Waals surface area contributed by atoms with E-state index in [1.165, 1.54) is 11.8 Å². The number of aliphatic hydroxyl groups excluding tert-OH is 1. The minimum atomic E-state index is -0.867. The lowest BCUT2D eigenvalue weighted by molar-refractivity contribution is -0.132. The number of Topliss-reactive ketones (excluding diaryl/α,β-unsaturated/α-hetero) is 1. The van der Waals surface area contributed by atoms with Crippen molar-refractivity contribution in [2.24, 2.45) is 0 Å². The van der Waals surface area contributed by atoms with E-state index in [0.717, 1.165) is 0 Å². The third kappa shape index (κ3) is 4.76. The van der Waals surface area contributed by atoms with E-state index in [1.54, 1.807) is 73.7 Å². The van der Waals surface area contributed by atoms with Crippen LogP contribution in [0.25, 0.3) is 5.76 Å². The molecule has 0 bridgehead atoms. The van der Waals surface area contributed by atoms with Crippen LogP contribution in [-0.4, -0.2) is 29.3 Å². The summed E-state index contributed by atoms with van der Waals surface area (Å²) in [5, 5.41) is 14.3. The number of rotatable bonds is 6. The van der Waals surface area contributed by atoms with E-state index in [1.807, 2.05) is 6.07 Å². The van der Waals surface area contributed by atoms with E-state index in [2.05, 4.69) is 5.32 Å². The molecule has 35 heavy (non-hydrogen) atoms. The van der Waals surface area contributed by atoms with Gasteiger partial charge in [-0.15, -0.1) is 0 Å². The first-order valence-electron chi connectivity index (χ1n) is 11.0. The fourth-order valence-corrected chi connectivity index (χ4v) is 4.20. The summed E-state index contributed by atoms with van der Waals surface area (Å²) in [5.74, 6) is -1.77. The molecule has 8 heteroatoms. The Morgan fingerprint density at radius 3 is 2.37 bits per heavy atom. The molecule has 1 atom stereocenters. The molecule has 1 unspecified atom stereocenters. The van der Waals surface area contributed by atoms with Gasteiger partial charge in [-0.2, -0.15) is 0 Å². The standard InChI is InChI=1S/C27H23ClN2O5/c1-3-35-22-15-18(9-14-21(22)28)25(32)23-24(17-7-5-4-6-8-17)30(27(34)26(23)33)20-12-10-19(11-13-20)29-16(2)31/h4-15,24,32H,3H2,1-2H3,(H,29,31)/b25-23-. The first kappa shape index (κ1) is 24.0. The van der Waals surface area contributed by atoms with Crippen LogP contribution in [0.15, 0.2) is 78.4 Å². The van der Waals surface area contributed by atoms with Crippen LogP contribution in [0.5, 0.6) is 5.75 Å². The maximum absolute atomic E-state index is 13.3. The van der Waals surface area contributed by atoms with E-state index in [0.29, 0.717) is 39.9 Å². The molecule has 1 heterocycles. The molecule has 0 aromatic heterocycles. The van der Waals surface area contributed by atoms with Gasteiger partial charge in [-0.1, -0.05) is 41.9 Å². The normalized spacial score (nSPS) is 16.9. The number of nitrogens with one attached hydrogen (secondary N) is 1. The van der Waals surface area contributed by atoms with Crippen LogP contribution < -0.4 is 15.0 Å². The number of hydrogen-bond donors (Lipinski definition) is 2. The minimum absolute atomic E-state index is 0.0445. The highest BCUT2D eigenvalue weighted by Gasteiger charge is 2.46. The van der Waals surface area contributed by atoms with Crippen molar-refractivity contribution >= 4 is 46.3 Å². The quantitative estimate of drug-likeness (QED) is 0.277. The van der Waals surface area contributed by atoms with Crippen LogP contribution in [0.4, 0.5) is 11.4 Å². The average Bonchev–Trinajstić information content (AvgIpc) is 3.11. The van der Waals surface area contributed by atoms with E-state index in [9.17, 15) is 19.5 Å². The zero-order valence-electron chi connectivity index (χ0n) is 19.1. The summed E-state index contributed by atoms with van der Waals surface area (Å²) in [5.41, 5.74) is 1.91. The van der Waals surface area contributed by atoms with Gasteiger partial charge in [0.15, 0.2) is 0 Å². The molecule has 3 aromatic rings. The highest BCUT2D eigenvalue weighted by Crippen LogP contribution is 2.43. The Labute approximate surface area is 207 Å². The third-order valence-electron chi connectivity index (χ3n) is 5.53. The smallest absolute Gasteiger partial charge is 0.300 e. The molecule has 3 aromatic carbocycles. The number of aliphatic hydroxyl groups is 1.